The summed E-state index contributed by atoms with van der Waals surface area (Å²) in [6.45, 7) is 4.09. The van der Waals surface area contributed by atoms with Crippen LogP contribution in [-0.4, -0.2) is 42.8 Å². The standard InChI is InChI=1S/C25H31FO7/c1-23-7-4-14(27)10-13(23)11-15(21(29)31-3)19-16-5-8-25(9-6-18(28)33-25)24(16,2)12-17(20(19)23)32-22(26)30/h11,15-17,19-20H,4-10,12H2,1-3H3/t15-,16?,17-,19?,20?,23+,24+,25-/m1/s1. The number of halogens is 1. The Morgan fingerprint density at radius 2 is 1.91 bits per heavy atom. The van der Waals surface area contributed by atoms with Crippen molar-refractivity contribution in [2.45, 2.75) is 76.9 Å². The van der Waals surface area contributed by atoms with Crippen LogP contribution in [0.1, 0.15) is 65.2 Å². The van der Waals surface area contributed by atoms with Crippen LogP contribution in [0, 0.1) is 34.5 Å². The van der Waals surface area contributed by atoms with Crippen LogP contribution in [0.3, 0.4) is 0 Å². The van der Waals surface area contributed by atoms with E-state index in [0.717, 1.165) is 12.0 Å². The topological polar surface area (TPSA) is 96.0 Å². The molecule has 1 heterocycles. The molecule has 4 aliphatic carbocycles. The minimum atomic E-state index is -1.85. The van der Waals surface area contributed by atoms with E-state index in [1.54, 1.807) is 0 Å². The van der Waals surface area contributed by atoms with E-state index in [4.69, 9.17) is 14.2 Å². The van der Waals surface area contributed by atoms with E-state index in [1.807, 2.05) is 13.0 Å². The van der Waals surface area contributed by atoms with Crippen molar-refractivity contribution in [1.29, 1.82) is 0 Å². The van der Waals surface area contributed by atoms with E-state index in [9.17, 15) is 23.6 Å². The molecule has 8 atom stereocenters. The Bertz CT molecular complexity index is 958. The summed E-state index contributed by atoms with van der Waals surface area (Å²) in [7, 11) is 1.34. The van der Waals surface area contributed by atoms with Gasteiger partial charge in [-0.3, -0.25) is 14.4 Å². The molecule has 1 aliphatic heterocycles. The van der Waals surface area contributed by atoms with Crippen LogP contribution in [0.4, 0.5) is 9.18 Å². The molecule has 180 valence electrons. The predicted molar refractivity (Wildman–Crippen MR) is 112 cm³/mol. The Kier molecular flexibility index (Phi) is 5.04. The summed E-state index contributed by atoms with van der Waals surface area (Å²) in [6.07, 6.45) is 3.14. The molecule has 0 aromatic heterocycles. The van der Waals surface area contributed by atoms with Gasteiger partial charge in [0.2, 0.25) is 0 Å². The number of carbonyl (C=O) groups excluding carboxylic acids is 4. The average Bonchev–Trinajstić information content (AvgIpc) is 3.27. The SMILES string of the molecule is COC(=O)[C@@H]1C=C2CC(=O)CC[C@]2(C)C2C1C1CC[C@@]3(CCC(=O)O3)[C@@]1(C)C[C@H]2OC(=O)F. The molecule has 5 rings (SSSR count). The largest absolute Gasteiger partial charge is 0.495 e. The molecule has 3 saturated carbocycles. The van der Waals surface area contributed by atoms with Gasteiger partial charge in [-0.15, -0.1) is 4.39 Å². The molecule has 33 heavy (non-hydrogen) atoms. The van der Waals surface area contributed by atoms with E-state index < -0.39 is 40.6 Å². The first kappa shape index (κ1) is 22.5. The molecular weight excluding hydrogens is 431 g/mol. The quantitative estimate of drug-likeness (QED) is 0.264. The van der Waals surface area contributed by atoms with Crippen molar-refractivity contribution < 1.29 is 37.8 Å². The van der Waals surface area contributed by atoms with Gasteiger partial charge < -0.3 is 14.2 Å². The molecule has 4 fully saturated rings. The molecular formula is C25H31FO7. The number of methoxy groups -OCH3 is 1. The van der Waals surface area contributed by atoms with Gasteiger partial charge in [-0.05, 0) is 49.4 Å². The second kappa shape index (κ2) is 7.37. The molecule has 7 nitrogen and oxygen atoms in total. The van der Waals surface area contributed by atoms with Crippen molar-refractivity contribution in [2.75, 3.05) is 7.11 Å². The zero-order chi connectivity index (χ0) is 23.8. The third-order valence-corrected chi connectivity index (χ3v) is 9.96. The van der Waals surface area contributed by atoms with Crippen LogP contribution < -0.4 is 0 Å². The summed E-state index contributed by atoms with van der Waals surface area (Å²) in [5.74, 6) is -1.78. The summed E-state index contributed by atoms with van der Waals surface area (Å²) in [6, 6.07) is 0. The number of ether oxygens (including phenoxy) is 3. The van der Waals surface area contributed by atoms with Gasteiger partial charge in [0, 0.05) is 30.6 Å². The third-order valence-electron chi connectivity index (χ3n) is 9.96. The van der Waals surface area contributed by atoms with Crippen LogP contribution in [0.15, 0.2) is 11.6 Å². The van der Waals surface area contributed by atoms with Crippen LogP contribution in [-0.2, 0) is 28.6 Å². The van der Waals surface area contributed by atoms with Crippen molar-refractivity contribution in [3.63, 3.8) is 0 Å². The van der Waals surface area contributed by atoms with Crippen molar-refractivity contribution in [3.05, 3.63) is 11.6 Å². The number of Topliss-reactive ketones (excluding diaryl/α,β-unsaturated/α-hetero) is 1. The molecule has 3 unspecified atom stereocenters. The second-order valence-electron chi connectivity index (χ2n) is 11.1. The first-order valence-electron chi connectivity index (χ1n) is 11.9. The normalized spacial score (nSPS) is 46.1. The zero-order valence-corrected chi connectivity index (χ0v) is 19.4. The lowest BCUT2D eigenvalue weighted by Crippen LogP contribution is -2.62. The predicted octanol–water partition coefficient (Wildman–Crippen LogP) is 4.08. The molecule has 0 radical (unpaired) electrons. The number of rotatable bonds is 2. The summed E-state index contributed by atoms with van der Waals surface area (Å²) in [4.78, 5) is 49.1. The minimum Gasteiger partial charge on any atom is -0.469 e. The van der Waals surface area contributed by atoms with Gasteiger partial charge in [0.25, 0.3) is 0 Å². The van der Waals surface area contributed by atoms with Gasteiger partial charge in [0.1, 0.15) is 17.5 Å². The average molecular weight is 463 g/mol. The van der Waals surface area contributed by atoms with Crippen LogP contribution >= 0.6 is 0 Å². The molecule has 0 bridgehead atoms. The highest BCUT2D eigenvalue weighted by Crippen LogP contribution is 2.70. The van der Waals surface area contributed by atoms with E-state index in [2.05, 4.69) is 6.92 Å². The molecule has 1 saturated heterocycles. The summed E-state index contributed by atoms with van der Waals surface area (Å²) >= 11 is 0. The van der Waals surface area contributed by atoms with Crippen molar-refractivity contribution >= 4 is 23.9 Å². The summed E-state index contributed by atoms with van der Waals surface area (Å²) in [5.41, 5.74) is -0.903. The Labute approximate surface area is 192 Å². The van der Waals surface area contributed by atoms with Gasteiger partial charge in [-0.25, -0.2) is 4.79 Å². The third kappa shape index (κ3) is 3.04. The monoisotopic (exact) mass is 462 g/mol. The van der Waals surface area contributed by atoms with Crippen molar-refractivity contribution in [1.82, 2.24) is 0 Å². The van der Waals surface area contributed by atoms with Gasteiger partial charge in [0.15, 0.2) is 0 Å². The first-order chi connectivity index (χ1) is 15.5. The lowest BCUT2D eigenvalue weighted by atomic mass is 9.44. The van der Waals surface area contributed by atoms with E-state index in [-0.39, 0.29) is 35.9 Å². The Hall–Kier alpha value is -2.25. The molecule has 0 N–H and O–H groups in total. The van der Waals surface area contributed by atoms with Gasteiger partial charge in [-0.2, -0.15) is 0 Å². The van der Waals surface area contributed by atoms with Crippen LogP contribution in [0.2, 0.25) is 0 Å². The molecule has 5 aliphatic rings. The lowest BCUT2D eigenvalue weighted by Gasteiger charge is -2.61. The Balaban J connectivity index is 1.67. The molecule has 1 spiro atoms. The molecule has 0 aromatic rings. The number of hydrogen-bond acceptors (Lipinski definition) is 7. The molecule has 8 heteroatoms. The van der Waals surface area contributed by atoms with E-state index in [0.29, 0.717) is 38.5 Å². The second-order valence-corrected chi connectivity index (χ2v) is 11.1. The number of hydrogen-bond donors (Lipinski definition) is 0. The number of fused-ring (bicyclic) bond motifs is 6. The van der Waals surface area contributed by atoms with Crippen molar-refractivity contribution in [3.8, 4) is 0 Å². The lowest BCUT2D eigenvalue weighted by molar-refractivity contribution is -0.193. The fraction of sp³-hybridized carbons (Fsp3) is 0.760. The highest BCUT2D eigenvalue weighted by molar-refractivity contribution is 5.84. The van der Waals surface area contributed by atoms with Gasteiger partial charge >= 0.3 is 18.2 Å². The maximum absolute atomic E-state index is 13.8. The maximum Gasteiger partial charge on any atom is 0.495 e. The van der Waals surface area contributed by atoms with E-state index in [1.165, 1.54) is 7.11 Å². The number of allylic oxidation sites excluding steroid dienone is 1. The first-order valence-corrected chi connectivity index (χ1v) is 11.9. The summed E-state index contributed by atoms with van der Waals surface area (Å²) in [5, 5.41) is 0. The number of ketones is 1. The smallest absolute Gasteiger partial charge is 0.469 e. The maximum atomic E-state index is 13.8. The Morgan fingerprint density at radius 3 is 2.55 bits per heavy atom. The highest BCUT2D eigenvalue weighted by atomic mass is 19.1. The molecule has 0 amide bonds. The summed E-state index contributed by atoms with van der Waals surface area (Å²) < 4.78 is 30.2. The minimum absolute atomic E-state index is 0.000633. The number of carbonyl (C=O) groups is 4. The fourth-order valence-electron chi connectivity index (χ4n) is 8.45. The van der Waals surface area contributed by atoms with Gasteiger partial charge in [0.05, 0.1) is 13.0 Å². The highest BCUT2D eigenvalue weighted by Gasteiger charge is 2.71. The fourth-order valence-corrected chi connectivity index (χ4v) is 8.45. The van der Waals surface area contributed by atoms with Crippen LogP contribution in [0.25, 0.3) is 0 Å². The van der Waals surface area contributed by atoms with Gasteiger partial charge in [-0.1, -0.05) is 25.5 Å². The van der Waals surface area contributed by atoms with Crippen molar-refractivity contribution in [2.24, 2.45) is 34.5 Å². The van der Waals surface area contributed by atoms with Crippen LogP contribution in [0.5, 0.6) is 0 Å². The Morgan fingerprint density at radius 1 is 1.15 bits per heavy atom. The zero-order valence-electron chi connectivity index (χ0n) is 19.4. The van der Waals surface area contributed by atoms with E-state index >= 15 is 0 Å². The molecule has 0 aromatic carbocycles. The number of esters is 2.